The first-order chi connectivity index (χ1) is 9.99. The number of carbonyl (C=O) groups excluding carboxylic acids is 1. The first-order valence-electron chi connectivity index (χ1n) is 6.43. The minimum absolute atomic E-state index is 0.0534. The molecule has 0 saturated carbocycles. The number of thiol groups is 1. The number of nitrogens with zero attached hydrogens (tertiary/aromatic N) is 4. The number of nitrogens with two attached hydrogens (primary N) is 1. The van der Waals surface area contributed by atoms with Crippen LogP contribution in [0, 0.1) is 0 Å². The van der Waals surface area contributed by atoms with Crippen LogP contribution in [0.3, 0.4) is 0 Å². The zero-order valence-corrected chi connectivity index (χ0v) is 12.1. The lowest BCUT2D eigenvalue weighted by Gasteiger charge is -2.16. The van der Waals surface area contributed by atoms with E-state index in [1.807, 2.05) is 0 Å². The zero-order chi connectivity index (χ0) is 15.1. The second kappa shape index (κ2) is 5.24. The molecule has 2 aromatic rings. The van der Waals surface area contributed by atoms with Gasteiger partial charge in [-0.15, -0.1) is 0 Å². The Morgan fingerprint density at radius 2 is 2.29 bits per heavy atom. The van der Waals surface area contributed by atoms with E-state index in [1.54, 1.807) is 4.57 Å². The fourth-order valence-electron chi connectivity index (χ4n) is 2.47. The third-order valence-corrected chi connectivity index (χ3v) is 4.05. The van der Waals surface area contributed by atoms with Gasteiger partial charge < -0.3 is 15.6 Å². The number of hydrogen-bond acceptors (Lipinski definition) is 8. The smallest absolute Gasteiger partial charge is 0.167 e. The SMILES string of the molecule is CC(=O)C[C@H]1O[C@@H](n2cnc3c(N)ncnc32)[C@H](S)[C@@H]1O. The quantitative estimate of drug-likeness (QED) is 0.680. The molecule has 1 saturated heterocycles. The predicted octanol–water partition coefficient (Wildman–Crippen LogP) is -0.0557. The summed E-state index contributed by atoms with van der Waals surface area (Å²) in [5.74, 6) is 0.218. The van der Waals surface area contributed by atoms with E-state index in [1.165, 1.54) is 19.6 Å². The van der Waals surface area contributed by atoms with Gasteiger partial charge in [0.25, 0.3) is 0 Å². The van der Waals surface area contributed by atoms with Gasteiger partial charge >= 0.3 is 0 Å². The van der Waals surface area contributed by atoms with E-state index in [4.69, 9.17) is 10.5 Å². The number of Topliss-reactive ketones (excluding diaryl/α,β-unsaturated/α-hetero) is 1. The summed E-state index contributed by atoms with van der Waals surface area (Å²) in [4.78, 5) is 23.4. The van der Waals surface area contributed by atoms with Crippen molar-refractivity contribution >= 4 is 35.4 Å². The largest absolute Gasteiger partial charge is 0.389 e. The number of imidazole rings is 1. The molecule has 1 aliphatic heterocycles. The number of carbonyl (C=O) groups is 1. The van der Waals surface area contributed by atoms with E-state index < -0.39 is 23.7 Å². The maximum absolute atomic E-state index is 11.2. The number of nitrogen functional groups attached to an aromatic ring is 1. The van der Waals surface area contributed by atoms with Gasteiger partial charge in [0.1, 0.15) is 17.6 Å². The van der Waals surface area contributed by atoms with Gasteiger partial charge in [0.2, 0.25) is 0 Å². The maximum atomic E-state index is 11.2. The highest BCUT2D eigenvalue weighted by Gasteiger charge is 2.43. The molecule has 0 spiro atoms. The van der Waals surface area contributed by atoms with Crippen molar-refractivity contribution in [2.24, 2.45) is 0 Å². The fraction of sp³-hybridized carbons (Fsp3) is 0.500. The number of anilines is 1. The summed E-state index contributed by atoms with van der Waals surface area (Å²) in [6, 6.07) is 0. The van der Waals surface area contributed by atoms with Crippen LogP contribution in [0.2, 0.25) is 0 Å². The van der Waals surface area contributed by atoms with Crippen molar-refractivity contribution < 1.29 is 14.6 Å². The molecule has 21 heavy (non-hydrogen) atoms. The normalized spacial score (nSPS) is 29.1. The lowest BCUT2D eigenvalue weighted by molar-refractivity contribution is -0.121. The van der Waals surface area contributed by atoms with E-state index in [0.29, 0.717) is 11.2 Å². The number of aliphatic hydroxyl groups is 1. The molecule has 0 bridgehead atoms. The van der Waals surface area contributed by atoms with E-state index in [9.17, 15) is 9.90 Å². The molecular formula is C12H15N5O3S. The monoisotopic (exact) mass is 309 g/mol. The summed E-state index contributed by atoms with van der Waals surface area (Å²) in [6.07, 6.45) is 0.977. The van der Waals surface area contributed by atoms with Gasteiger partial charge in [0.15, 0.2) is 17.7 Å². The molecule has 112 valence electrons. The number of ether oxygens (including phenoxy) is 1. The minimum atomic E-state index is -0.848. The topological polar surface area (TPSA) is 116 Å². The molecule has 3 heterocycles. The van der Waals surface area contributed by atoms with Gasteiger partial charge in [-0.05, 0) is 6.92 Å². The predicted molar refractivity (Wildman–Crippen MR) is 77.7 cm³/mol. The molecule has 3 rings (SSSR count). The molecule has 0 aliphatic carbocycles. The van der Waals surface area contributed by atoms with Crippen molar-refractivity contribution in [2.75, 3.05) is 5.73 Å². The average molecular weight is 309 g/mol. The Kier molecular flexibility index (Phi) is 3.56. The van der Waals surface area contributed by atoms with Crippen LogP contribution < -0.4 is 5.73 Å². The second-order valence-corrected chi connectivity index (χ2v) is 5.63. The van der Waals surface area contributed by atoms with Gasteiger partial charge in [-0.2, -0.15) is 12.6 Å². The highest BCUT2D eigenvalue weighted by atomic mass is 32.1. The third-order valence-electron chi connectivity index (χ3n) is 3.49. The third kappa shape index (κ3) is 2.37. The highest BCUT2D eigenvalue weighted by Crippen LogP contribution is 2.36. The number of fused-ring (bicyclic) bond motifs is 1. The number of aliphatic hydroxyl groups excluding tert-OH is 1. The summed E-state index contributed by atoms with van der Waals surface area (Å²) in [5.41, 5.74) is 6.71. The molecule has 4 atom stereocenters. The molecular weight excluding hydrogens is 294 g/mol. The van der Waals surface area contributed by atoms with Crippen molar-refractivity contribution in [3.8, 4) is 0 Å². The highest BCUT2D eigenvalue weighted by molar-refractivity contribution is 7.81. The Labute approximate surface area is 125 Å². The molecule has 2 aromatic heterocycles. The van der Waals surface area contributed by atoms with E-state index in [2.05, 4.69) is 27.6 Å². The van der Waals surface area contributed by atoms with Gasteiger partial charge in [-0.25, -0.2) is 15.0 Å². The van der Waals surface area contributed by atoms with Crippen LogP contribution in [0.5, 0.6) is 0 Å². The molecule has 3 N–H and O–H groups in total. The first kappa shape index (κ1) is 14.2. The van der Waals surface area contributed by atoms with Gasteiger partial charge in [0.05, 0.1) is 23.8 Å². The summed E-state index contributed by atoms with van der Waals surface area (Å²) in [5, 5.41) is 9.66. The molecule has 1 fully saturated rings. The van der Waals surface area contributed by atoms with Gasteiger partial charge in [-0.3, -0.25) is 9.36 Å². The van der Waals surface area contributed by atoms with Crippen LogP contribution >= 0.6 is 12.6 Å². The van der Waals surface area contributed by atoms with E-state index >= 15 is 0 Å². The summed E-state index contributed by atoms with van der Waals surface area (Å²) >= 11 is 4.39. The van der Waals surface area contributed by atoms with Gasteiger partial charge in [-0.1, -0.05) is 0 Å². The van der Waals surface area contributed by atoms with Gasteiger partial charge in [0, 0.05) is 6.42 Å². The number of rotatable bonds is 3. The molecule has 0 unspecified atom stereocenters. The van der Waals surface area contributed by atoms with Crippen molar-refractivity contribution in [3.63, 3.8) is 0 Å². The molecule has 0 aromatic carbocycles. The minimum Gasteiger partial charge on any atom is -0.389 e. The molecule has 0 amide bonds. The summed E-state index contributed by atoms with van der Waals surface area (Å²) < 4.78 is 7.41. The fourth-order valence-corrected chi connectivity index (χ4v) is 2.87. The number of hydrogen-bond donors (Lipinski definition) is 3. The van der Waals surface area contributed by atoms with Crippen LogP contribution in [-0.4, -0.2) is 47.9 Å². The Bertz CT molecular complexity index is 691. The van der Waals surface area contributed by atoms with Crippen molar-refractivity contribution in [1.29, 1.82) is 0 Å². The van der Waals surface area contributed by atoms with E-state index in [0.717, 1.165) is 0 Å². The standard InChI is InChI=1S/C12H15N5O3S/c1-5(18)2-6-8(19)9(21)12(20-6)17-4-16-7-10(13)14-3-15-11(7)17/h3-4,6,8-9,12,19,21H,2H2,1H3,(H2,13,14,15)/t6-,8-,9-,12-/m1/s1. The van der Waals surface area contributed by atoms with Crippen LogP contribution in [0.1, 0.15) is 19.6 Å². The zero-order valence-electron chi connectivity index (χ0n) is 11.2. The Balaban J connectivity index is 1.96. The average Bonchev–Trinajstić information content (AvgIpc) is 2.96. The summed E-state index contributed by atoms with van der Waals surface area (Å²) in [7, 11) is 0. The van der Waals surface area contributed by atoms with Crippen molar-refractivity contribution in [3.05, 3.63) is 12.7 Å². The second-order valence-electron chi connectivity index (χ2n) is 5.04. The summed E-state index contributed by atoms with van der Waals surface area (Å²) in [6.45, 7) is 1.46. The molecule has 9 heteroatoms. The Morgan fingerprint density at radius 1 is 1.52 bits per heavy atom. The van der Waals surface area contributed by atoms with Crippen LogP contribution in [0.15, 0.2) is 12.7 Å². The lowest BCUT2D eigenvalue weighted by atomic mass is 10.1. The molecule has 0 radical (unpaired) electrons. The lowest BCUT2D eigenvalue weighted by Crippen LogP contribution is -2.29. The van der Waals surface area contributed by atoms with Crippen molar-refractivity contribution in [1.82, 2.24) is 19.5 Å². The van der Waals surface area contributed by atoms with Crippen LogP contribution in [-0.2, 0) is 9.53 Å². The first-order valence-corrected chi connectivity index (χ1v) is 6.94. The van der Waals surface area contributed by atoms with E-state index in [-0.39, 0.29) is 18.0 Å². The maximum Gasteiger partial charge on any atom is 0.167 e. The Hall–Kier alpha value is -1.71. The van der Waals surface area contributed by atoms with Crippen LogP contribution in [0.25, 0.3) is 11.2 Å². The number of aromatic nitrogens is 4. The Morgan fingerprint density at radius 3 is 3.00 bits per heavy atom. The van der Waals surface area contributed by atoms with Crippen molar-refractivity contribution in [2.45, 2.75) is 37.0 Å². The molecule has 1 aliphatic rings. The molecule has 8 nitrogen and oxygen atoms in total. The van der Waals surface area contributed by atoms with Crippen LogP contribution in [0.4, 0.5) is 5.82 Å². The number of ketones is 1.